The van der Waals surface area contributed by atoms with Crippen molar-refractivity contribution in [3.8, 4) is 0 Å². The summed E-state index contributed by atoms with van der Waals surface area (Å²) in [6.07, 6.45) is 1.82. The highest BCUT2D eigenvalue weighted by molar-refractivity contribution is 5.76. The first-order valence-electron chi connectivity index (χ1n) is 8.46. The second kappa shape index (κ2) is 8.11. The van der Waals surface area contributed by atoms with Crippen LogP contribution >= 0.6 is 0 Å². The number of amides is 1. The van der Waals surface area contributed by atoms with Crippen LogP contribution < -0.4 is 10.6 Å². The molecular weight excluding hydrogens is 264 g/mol. The summed E-state index contributed by atoms with van der Waals surface area (Å²) >= 11 is 0. The van der Waals surface area contributed by atoms with E-state index in [9.17, 15) is 4.79 Å². The highest BCUT2D eigenvalue weighted by atomic mass is 16.1. The summed E-state index contributed by atoms with van der Waals surface area (Å²) in [6.45, 7) is 11.9. The van der Waals surface area contributed by atoms with Crippen molar-refractivity contribution in [3.05, 3.63) is 0 Å². The van der Waals surface area contributed by atoms with E-state index in [4.69, 9.17) is 0 Å². The maximum Gasteiger partial charge on any atom is 0.220 e. The van der Waals surface area contributed by atoms with Crippen LogP contribution in [0.25, 0.3) is 0 Å². The summed E-state index contributed by atoms with van der Waals surface area (Å²) in [5.74, 6) is 1.33. The van der Waals surface area contributed by atoms with Crippen molar-refractivity contribution in [2.24, 2.45) is 11.8 Å². The predicted molar refractivity (Wildman–Crippen MR) is 86.3 cm³/mol. The fraction of sp³-hybridized carbons (Fsp3) is 0.938. The Morgan fingerprint density at radius 2 is 2.00 bits per heavy atom. The monoisotopic (exact) mass is 296 g/mol. The Morgan fingerprint density at radius 1 is 1.29 bits per heavy atom. The first kappa shape index (κ1) is 16.7. The number of carbonyl (C=O) groups excluding carboxylic acids is 1. The highest BCUT2D eigenvalue weighted by Crippen LogP contribution is 2.14. The molecule has 2 saturated heterocycles. The molecule has 0 saturated carbocycles. The number of carbonyl (C=O) groups is 1. The number of hydrogen-bond acceptors (Lipinski definition) is 4. The van der Waals surface area contributed by atoms with Gasteiger partial charge in [0.15, 0.2) is 0 Å². The molecule has 0 radical (unpaired) electrons. The number of nitrogens with zero attached hydrogens (tertiary/aromatic N) is 2. The van der Waals surface area contributed by atoms with Gasteiger partial charge in [-0.3, -0.25) is 9.69 Å². The van der Waals surface area contributed by atoms with Crippen molar-refractivity contribution in [2.45, 2.75) is 32.7 Å². The van der Waals surface area contributed by atoms with Gasteiger partial charge < -0.3 is 15.5 Å². The number of likely N-dealkylation sites (N-methyl/N-ethyl adjacent to an activating group) is 1. The van der Waals surface area contributed by atoms with Crippen LogP contribution in [0.4, 0.5) is 0 Å². The third-order valence-electron chi connectivity index (χ3n) is 4.92. The SMILES string of the molecule is CC(C)C(CNC(=O)CC1CCNC1)N1CCN(C)CC1. The maximum absolute atomic E-state index is 12.1. The standard InChI is InChI=1S/C16H32N4O/c1-13(2)15(20-8-6-19(3)7-9-20)12-18-16(21)10-14-4-5-17-11-14/h13-15,17H,4-12H2,1-3H3,(H,18,21). The van der Waals surface area contributed by atoms with Crippen LogP contribution in [-0.2, 0) is 4.79 Å². The first-order chi connectivity index (χ1) is 10.1. The lowest BCUT2D eigenvalue weighted by Crippen LogP contribution is -2.54. The predicted octanol–water partition coefficient (Wildman–Crippen LogP) is 0.374. The van der Waals surface area contributed by atoms with E-state index in [1.54, 1.807) is 0 Å². The molecule has 2 aliphatic rings. The molecule has 0 bridgehead atoms. The van der Waals surface area contributed by atoms with E-state index in [1.165, 1.54) is 0 Å². The summed E-state index contributed by atoms with van der Waals surface area (Å²) in [5.41, 5.74) is 0. The van der Waals surface area contributed by atoms with Gasteiger partial charge in [-0.05, 0) is 38.4 Å². The number of piperazine rings is 1. The molecule has 2 aliphatic heterocycles. The summed E-state index contributed by atoms with van der Waals surface area (Å²) < 4.78 is 0. The lowest BCUT2D eigenvalue weighted by molar-refractivity contribution is -0.122. The molecule has 2 atom stereocenters. The molecular formula is C16H32N4O. The molecule has 2 rings (SSSR count). The zero-order valence-corrected chi connectivity index (χ0v) is 13.9. The van der Waals surface area contributed by atoms with Crippen LogP contribution in [0.1, 0.15) is 26.7 Å². The Balaban J connectivity index is 1.75. The molecule has 2 unspecified atom stereocenters. The molecule has 21 heavy (non-hydrogen) atoms. The van der Waals surface area contributed by atoms with E-state index in [2.05, 4.69) is 41.3 Å². The number of hydrogen-bond donors (Lipinski definition) is 2. The van der Waals surface area contributed by atoms with Crippen molar-refractivity contribution < 1.29 is 4.79 Å². The molecule has 2 N–H and O–H groups in total. The van der Waals surface area contributed by atoms with Crippen LogP contribution in [0.2, 0.25) is 0 Å². The molecule has 0 spiro atoms. The molecule has 1 amide bonds. The van der Waals surface area contributed by atoms with Gasteiger partial charge in [0, 0.05) is 45.2 Å². The molecule has 2 fully saturated rings. The molecule has 5 heteroatoms. The molecule has 0 aliphatic carbocycles. The third-order valence-corrected chi connectivity index (χ3v) is 4.92. The van der Waals surface area contributed by atoms with E-state index >= 15 is 0 Å². The number of rotatable bonds is 6. The fourth-order valence-electron chi connectivity index (χ4n) is 3.38. The van der Waals surface area contributed by atoms with Gasteiger partial charge in [-0.25, -0.2) is 0 Å². The molecule has 0 aromatic heterocycles. The van der Waals surface area contributed by atoms with Crippen LogP contribution in [0.5, 0.6) is 0 Å². The van der Waals surface area contributed by atoms with Gasteiger partial charge in [-0.1, -0.05) is 13.8 Å². The van der Waals surface area contributed by atoms with E-state index in [0.29, 0.717) is 24.3 Å². The van der Waals surface area contributed by atoms with Crippen molar-refractivity contribution in [1.29, 1.82) is 0 Å². The third kappa shape index (κ3) is 5.24. The van der Waals surface area contributed by atoms with E-state index in [-0.39, 0.29) is 5.91 Å². The van der Waals surface area contributed by atoms with E-state index < -0.39 is 0 Å². The maximum atomic E-state index is 12.1. The van der Waals surface area contributed by atoms with Crippen molar-refractivity contribution in [1.82, 2.24) is 20.4 Å². The van der Waals surface area contributed by atoms with Gasteiger partial charge in [0.1, 0.15) is 0 Å². The zero-order valence-electron chi connectivity index (χ0n) is 13.9. The normalized spacial score (nSPS) is 26.2. The fourth-order valence-corrected chi connectivity index (χ4v) is 3.38. The van der Waals surface area contributed by atoms with Crippen molar-refractivity contribution in [3.63, 3.8) is 0 Å². The number of nitrogens with one attached hydrogen (secondary N) is 2. The Hall–Kier alpha value is -0.650. The molecule has 2 heterocycles. The Bertz CT molecular complexity index is 320. The molecule has 122 valence electrons. The lowest BCUT2D eigenvalue weighted by Gasteiger charge is -2.40. The second-order valence-corrected chi connectivity index (χ2v) is 7.02. The van der Waals surface area contributed by atoms with Crippen molar-refractivity contribution in [2.75, 3.05) is 52.9 Å². The summed E-state index contributed by atoms with van der Waals surface area (Å²) in [5, 5.41) is 6.50. The zero-order chi connectivity index (χ0) is 15.2. The van der Waals surface area contributed by atoms with Gasteiger partial charge in [-0.2, -0.15) is 0 Å². The van der Waals surface area contributed by atoms with Gasteiger partial charge in [0.05, 0.1) is 0 Å². The minimum absolute atomic E-state index is 0.225. The molecule has 0 aromatic rings. The summed E-state index contributed by atoms with van der Waals surface area (Å²) in [7, 11) is 2.18. The van der Waals surface area contributed by atoms with Gasteiger partial charge in [0.25, 0.3) is 0 Å². The van der Waals surface area contributed by atoms with Crippen LogP contribution in [0.15, 0.2) is 0 Å². The molecule has 5 nitrogen and oxygen atoms in total. The largest absolute Gasteiger partial charge is 0.355 e. The topological polar surface area (TPSA) is 47.6 Å². The van der Waals surface area contributed by atoms with E-state index in [0.717, 1.165) is 52.2 Å². The van der Waals surface area contributed by atoms with E-state index in [1.807, 2.05) is 0 Å². The van der Waals surface area contributed by atoms with Crippen molar-refractivity contribution >= 4 is 5.91 Å². The minimum Gasteiger partial charge on any atom is -0.355 e. The average molecular weight is 296 g/mol. The van der Waals surface area contributed by atoms with Crippen LogP contribution in [0.3, 0.4) is 0 Å². The minimum atomic E-state index is 0.225. The quantitative estimate of drug-likeness (QED) is 0.744. The first-order valence-corrected chi connectivity index (χ1v) is 8.46. The average Bonchev–Trinajstić information content (AvgIpc) is 2.93. The Kier molecular flexibility index (Phi) is 6.45. The Morgan fingerprint density at radius 3 is 2.57 bits per heavy atom. The van der Waals surface area contributed by atoms with Gasteiger partial charge in [0.2, 0.25) is 5.91 Å². The second-order valence-electron chi connectivity index (χ2n) is 7.02. The lowest BCUT2D eigenvalue weighted by atomic mass is 10.0. The smallest absolute Gasteiger partial charge is 0.220 e. The Labute approximate surface area is 129 Å². The molecule has 0 aromatic carbocycles. The summed E-state index contributed by atoms with van der Waals surface area (Å²) in [4.78, 5) is 17.0. The highest BCUT2D eigenvalue weighted by Gasteiger charge is 2.26. The van der Waals surface area contributed by atoms with Gasteiger partial charge >= 0.3 is 0 Å². The van der Waals surface area contributed by atoms with Crippen LogP contribution in [-0.4, -0.2) is 74.6 Å². The summed E-state index contributed by atoms with van der Waals surface area (Å²) in [6, 6.07) is 0.462. The van der Waals surface area contributed by atoms with Gasteiger partial charge in [-0.15, -0.1) is 0 Å². The van der Waals surface area contributed by atoms with Crippen LogP contribution in [0, 0.1) is 11.8 Å².